The molecule has 2 heterocycles. The zero-order chi connectivity index (χ0) is 36.3. The highest BCUT2D eigenvalue weighted by atomic mass is 32.2. The first kappa shape index (κ1) is 36.3. The molecule has 5 aromatic rings. The number of thioether (sulfide) groups is 1. The molecule has 0 aliphatic heterocycles. The largest absolute Gasteiger partial charge is 0.465 e. The van der Waals surface area contributed by atoms with Gasteiger partial charge in [0.25, 0.3) is 11.8 Å². The van der Waals surface area contributed by atoms with Crippen molar-refractivity contribution in [3.63, 3.8) is 0 Å². The number of ether oxygens (including phenoxy) is 1. The molecule has 0 spiro atoms. The Morgan fingerprint density at radius 2 is 1.60 bits per heavy atom. The molecule has 0 fully saturated rings. The van der Waals surface area contributed by atoms with Crippen LogP contribution >= 0.6 is 23.1 Å². The maximum absolute atomic E-state index is 14.2. The van der Waals surface area contributed by atoms with Gasteiger partial charge in [0, 0.05) is 33.4 Å². The van der Waals surface area contributed by atoms with E-state index in [9.17, 15) is 19.2 Å². The van der Waals surface area contributed by atoms with Gasteiger partial charge in [-0.3, -0.25) is 19.4 Å². The van der Waals surface area contributed by atoms with Crippen LogP contribution in [0.4, 0.5) is 10.7 Å². The fourth-order valence-corrected chi connectivity index (χ4v) is 8.32. The SMILES string of the molecule is COC(=O)c1c(NC(=O)C(Sc2cccc(NC(=O)/C(=C/c3cccnc3)NC(=O)c3ccccc3)c2)c2ccccc2)sc2c1CCCCCC2. The van der Waals surface area contributed by atoms with E-state index < -0.39 is 23.0 Å². The van der Waals surface area contributed by atoms with Gasteiger partial charge < -0.3 is 20.7 Å². The third-order valence-electron chi connectivity index (χ3n) is 8.51. The average molecular weight is 731 g/mol. The molecule has 52 heavy (non-hydrogen) atoms. The Bertz CT molecular complexity index is 2070. The van der Waals surface area contributed by atoms with E-state index in [-0.39, 0.29) is 11.6 Å². The Hall–Kier alpha value is -5.52. The predicted molar refractivity (Wildman–Crippen MR) is 206 cm³/mol. The number of nitrogens with one attached hydrogen (secondary N) is 3. The molecule has 0 saturated carbocycles. The number of fused-ring (bicyclic) bond motifs is 1. The van der Waals surface area contributed by atoms with Crippen molar-refractivity contribution < 1.29 is 23.9 Å². The summed E-state index contributed by atoms with van der Waals surface area (Å²) in [5.41, 5.74) is 3.76. The molecule has 11 heteroatoms. The van der Waals surface area contributed by atoms with Crippen molar-refractivity contribution in [2.75, 3.05) is 17.7 Å². The summed E-state index contributed by atoms with van der Waals surface area (Å²) in [4.78, 5) is 59.9. The Morgan fingerprint density at radius 1 is 0.846 bits per heavy atom. The minimum atomic E-state index is -0.687. The smallest absolute Gasteiger partial charge is 0.341 e. The van der Waals surface area contributed by atoms with E-state index >= 15 is 0 Å². The lowest BCUT2D eigenvalue weighted by atomic mass is 9.96. The van der Waals surface area contributed by atoms with Gasteiger partial charge in [-0.2, -0.15) is 0 Å². The molecule has 2 aromatic heterocycles. The molecule has 1 unspecified atom stereocenters. The Kier molecular flexibility index (Phi) is 12.3. The number of rotatable bonds is 11. The van der Waals surface area contributed by atoms with Gasteiger partial charge in [-0.25, -0.2) is 4.79 Å². The lowest BCUT2D eigenvalue weighted by Crippen LogP contribution is -2.30. The van der Waals surface area contributed by atoms with Crippen LogP contribution in [0.25, 0.3) is 6.08 Å². The molecule has 6 rings (SSSR count). The number of hydrogen-bond donors (Lipinski definition) is 3. The van der Waals surface area contributed by atoms with E-state index in [1.807, 2.05) is 42.5 Å². The second-order valence-corrected chi connectivity index (χ2v) is 14.4. The number of aromatic nitrogens is 1. The minimum Gasteiger partial charge on any atom is -0.465 e. The quantitative estimate of drug-likeness (QED) is 0.0707. The Labute approximate surface area is 310 Å². The van der Waals surface area contributed by atoms with Gasteiger partial charge in [0.15, 0.2) is 0 Å². The fourth-order valence-electron chi connectivity index (χ4n) is 5.96. The first-order valence-electron chi connectivity index (χ1n) is 17.0. The third-order valence-corrected chi connectivity index (χ3v) is 11.0. The maximum Gasteiger partial charge on any atom is 0.341 e. The first-order valence-corrected chi connectivity index (χ1v) is 18.7. The normalized spacial score (nSPS) is 13.4. The molecule has 3 amide bonds. The van der Waals surface area contributed by atoms with Gasteiger partial charge in [0.05, 0.1) is 12.7 Å². The summed E-state index contributed by atoms with van der Waals surface area (Å²) in [5, 5.41) is 8.56. The van der Waals surface area contributed by atoms with E-state index in [1.54, 1.807) is 73.1 Å². The van der Waals surface area contributed by atoms with Gasteiger partial charge in [0.2, 0.25) is 5.91 Å². The fraction of sp³-hybridized carbons (Fsp3) is 0.195. The van der Waals surface area contributed by atoms with Crippen molar-refractivity contribution in [2.45, 2.75) is 48.7 Å². The van der Waals surface area contributed by atoms with E-state index in [0.29, 0.717) is 27.4 Å². The molecule has 0 radical (unpaired) electrons. The standard InChI is InChI=1S/C41H38N4O5S2/c1-50-41(49)35-32-21-10-2-3-11-22-34(32)52-40(35)45-39(48)36(28-15-6-4-7-16-28)51-31-20-12-19-30(25-31)43-38(47)33(24-27-14-13-23-42-26-27)44-37(46)29-17-8-5-9-18-29/h4-9,12-20,23-26,36H,2-3,10-11,21-22H2,1H3,(H,43,47)(H,44,46)(H,45,48)/b33-24-. The molecular formula is C41H38N4O5S2. The molecular weight excluding hydrogens is 693 g/mol. The third kappa shape index (κ3) is 9.22. The number of pyridine rings is 1. The summed E-state index contributed by atoms with van der Waals surface area (Å²) >= 11 is 2.79. The van der Waals surface area contributed by atoms with E-state index in [0.717, 1.165) is 59.4 Å². The highest BCUT2D eigenvalue weighted by molar-refractivity contribution is 8.00. The zero-order valence-corrected chi connectivity index (χ0v) is 30.2. The number of thiophene rings is 1. The first-order chi connectivity index (χ1) is 25.4. The summed E-state index contributed by atoms with van der Waals surface area (Å²) in [6.07, 6.45) is 10.7. The van der Waals surface area contributed by atoms with E-state index in [1.165, 1.54) is 30.2 Å². The molecule has 1 aliphatic carbocycles. The number of esters is 1. The van der Waals surface area contributed by atoms with Crippen LogP contribution in [-0.2, 0) is 27.2 Å². The van der Waals surface area contributed by atoms with Crippen LogP contribution < -0.4 is 16.0 Å². The second-order valence-electron chi connectivity index (χ2n) is 12.2. The van der Waals surface area contributed by atoms with Gasteiger partial charge >= 0.3 is 5.97 Å². The zero-order valence-electron chi connectivity index (χ0n) is 28.6. The van der Waals surface area contributed by atoms with Crippen molar-refractivity contribution in [2.24, 2.45) is 0 Å². The number of nitrogens with zero attached hydrogens (tertiary/aromatic N) is 1. The molecule has 3 N–H and O–H groups in total. The summed E-state index contributed by atoms with van der Waals surface area (Å²) in [6, 6.07) is 28.8. The van der Waals surface area contributed by atoms with Crippen molar-refractivity contribution >= 4 is 63.6 Å². The predicted octanol–water partition coefficient (Wildman–Crippen LogP) is 8.47. The number of hydrogen-bond acceptors (Lipinski definition) is 8. The number of aryl methyl sites for hydroxylation is 1. The average Bonchev–Trinajstić information content (AvgIpc) is 3.49. The molecule has 0 bridgehead atoms. The number of amides is 3. The summed E-state index contributed by atoms with van der Waals surface area (Å²) in [5.74, 6) is -1.69. The lowest BCUT2D eigenvalue weighted by molar-refractivity contribution is -0.116. The van der Waals surface area contributed by atoms with Crippen LogP contribution in [0.1, 0.15) is 73.2 Å². The summed E-state index contributed by atoms with van der Waals surface area (Å²) in [7, 11) is 1.37. The van der Waals surface area contributed by atoms with Crippen molar-refractivity contribution in [3.05, 3.63) is 148 Å². The van der Waals surface area contributed by atoms with Gasteiger partial charge in [-0.05, 0) is 84.8 Å². The summed E-state index contributed by atoms with van der Waals surface area (Å²) < 4.78 is 5.18. The number of anilines is 2. The lowest BCUT2D eigenvalue weighted by Gasteiger charge is -2.18. The number of carbonyl (C=O) groups excluding carboxylic acids is 4. The van der Waals surface area contributed by atoms with Gasteiger partial charge in [0.1, 0.15) is 15.9 Å². The van der Waals surface area contributed by atoms with Gasteiger partial charge in [-0.1, -0.05) is 73.5 Å². The molecule has 1 atom stereocenters. The van der Waals surface area contributed by atoms with Crippen molar-refractivity contribution in [1.29, 1.82) is 0 Å². The highest BCUT2D eigenvalue weighted by Gasteiger charge is 2.29. The van der Waals surface area contributed by atoms with Crippen LogP contribution in [0, 0.1) is 0 Å². The van der Waals surface area contributed by atoms with Crippen LogP contribution in [0.15, 0.2) is 120 Å². The minimum absolute atomic E-state index is 0.0351. The van der Waals surface area contributed by atoms with Crippen LogP contribution in [0.2, 0.25) is 0 Å². The summed E-state index contributed by atoms with van der Waals surface area (Å²) in [6.45, 7) is 0. The number of methoxy groups -OCH3 is 1. The molecule has 264 valence electrons. The molecule has 1 aliphatic rings. The topological polar surface area (TPSA) is 126 Å². The molecule has 9 nitrogen and oxygen atoms in total. The van der Waals surface area contributed by atoms with Crippen molar-refractivity contribution in [1.82, 2.24) is 10.3 Å². The van der Waals surface area contributed by atoms with Crippen LogP contribution in [-0.4, -0.2) is 35.8 Å². The Balaban J connectivity index is 1.24. The highest BCUT2D eigenvalue weighted by Crippen LogP contribution is 2.41. The molecule has 3 aromatic carbocycles. The maximum atomic E-state index is 14.2. The van der Waals surface area contributed by atoms with Crippen molar-refractivity contribution in [3.8, 4) is 0 Å². The van der Waals surface area contributed by atoms with E-state index in [4.69, 9.17) is 4.74 Å². The Morgan fingerprint density at radius 3 is 2.33 bits per heavy atom. The van der Waals surface area contributed by atoms with Crippen LogP contribution in [0.5, 0.6) is 0 Å². The van der Waals surface area contributed by atoms with Crippen LogP contribution in [0.3, 0.4) is 0 Å². The number of benzene rings is 3. The second kappa shape index (κ2) is 17.6. The monoisotopic (exact) mass is 730 g/mol. The number of carbonyl (C=O) groups is 4. The van der Waals surface area contributed by atoms with Gasteiger partial charge in [-0.15, -0.1) is 23.1 Å². The molecule has 0 saturated heterocycles. The van der Waals surface area contributed by atoms with E-state index in [2.05, 4.69) is 20.9 Å².